The quantitative estimate of drug-likeness (QED) is 0.707. The lowest BCUT2D eigenvalue weighted by atomic mass is 10.2. The lowest BCUT2D eigenvalue weighted by molar-refractivity contribution is -0.123. The molecule has 5 nitrogen and oxygen atoms in total. The van der Waals surface area contributed by atoms with E-state index in [9.17, 15) is 4.79 Å². The molecule has 3 rings (SSSR count). The molecular weight excluding hydrogens is 328 g/mol. The van der Waals surface area contributed by atoms with Gasteiger partial charge in [0.2, 0.25) is 0 Å². The minimum absolute atomic E-state index is 0.0454. The summed E-state index contributed by atoms with van der Waals surface area (Å²) in [7, 11) is 0. The number of carbonyl (C=O) groups excluding carboxylic acids is 1. The van der Waals surface area contributed by atoms with Gasteiger partial charge in [0.25, 0.3) is 5.91 Å². The first-order chi connectivity index (χ1) is 11.7. The highest BCUT2D eigenvalue weighted by molar-refractivity contribution is 6.35. The molecule has 0 bridgehead atoms. The van der Waals surface area contributed by atoms with Gasteiger partial charge in [-0.05, 0) is 49.4 Å². The van der Waals surface area contributed by atoms with E-state index in [1.54, 1.807) is 18.3 Å². The van der Waals surface area contributed by atoms with Crippen LogP contribution in [0.15, 0.2) is 30.5 Å². The highest BCUT2D eigenvalue weighted by Crippen LogP contribution is 2.29. The van der Waals surface area contributed by atoms with E-state index in [2.05, 4.69) is 10.3 Å². The first kappa shape index (κ1) is 17.0. The van der Waals surface area contributed by atoms with Gasteiger partial charge in [0.05, 0.1) is 5.02 Å². The monoisotopic (exact) mass is 348 g/mol. The molecule has 24 heavy (non-hydrogen) atoms. The van der Waals surface area contributed by atoms with Gasteiger partial charge in [0.1, 0.15) is 11.3 Å². The van der Waals surface area contributed by atoms with Crippen LogP contribution in [-0.2, 0) is 9.53 Å². The van der Waals surface area contributed by atoms with E-state index in [4.69, 9.17) is 21.1 Å². The number of benzene rings is 1. The van der Waals surface area contributed by atoms with Crippen molar-refractivity contribution in [2.45, 2.75) is 19.3 Å². The molecule has 0 saturated heterocycles. The fourth-order valence-corrected chi connectivity index (χ4v) is 2.57. The first-order valence-electron chi connectivity index (χ1n) is 8.24. The Hall–Kier alpha value is -1.85. The highest BCUT2D eigenvalue weighted by Gasteiger charge is 2.20. The zero-order chi connectivity index (χ0) is 16.8. The van der Waals surface area contributed by atoms with Crippen LogP contribution in [0.2, 0.25) is 5.02 Å². The number of nitrogens with zero attached hydrogens (tertiary/aromatic N) is 1. The Morgan fingerprint density at radius 2 is 2.21 bits per heavy atom. The van der Waals surface area contributed by atoms with Gasteiger partial charge in [0, 0.05) is 31.3 Å². The summed E-state index contributed by atoms with van der Waals surface area (Å²) in [5.74, 6) is 1.17. The second-order valence-corrected chi connectivity index (χ2v) is 6.36. The highest BCUT2D eigenvalue weighted by atomic mass is 35.5. The van der Waals surface area contributed by atoms with Gasteiger partial charge in [-0.2, -0.15) is 0 Å². The lowest BCUT2D eigenvalue weighted by Gasteiger charge is -2.10. The molecule has 1 aromatic carbocycles. The summed E-state index contributed by atoms with van der Waals surface area (Å²) in [5.41, 5.74) is 0.659. The number of carbonyl (C=O) groups is 1. The summed E-state index contributed by atoms with van der Waals surface area (Å²) in [6.45, 7) is 2.08. The number of halogens is 1. The molecule has 0 atom stereocenters. The first-order valence-corrected chi connectivity index (χ1v) is 8.62. The molecule has 6 heteroatoms. The second kappa shape index (κ2) is 8.31. The third kappa shape index (κ3) is 4.82. The molecule has 1 aliphatic carbocycles. The molecular formula is C18H21ClN2O3. The lowest BCUT2D eigenvalue weighted by Crippen LogP contribution is -2.30. The average molecular weight is 349 g/mol. The molecule has 0 unspecified atom stereocenters. The summed E-state index contributed by atoms with van der Waals surface area (Å²) in [6, 6.07) is 7.17. The van der Waals surface area contributed by atoms with Crippen molar-refractivity contribution in [3.8, 4) is 5.75 Å². The van der Waals surface area contributed by atoms with E-state index in [-0.39, 0.29) is 12.5 Å². The number of hydrogen-bond donors (Lipinski definition) is 1. The molecule has 128 valence electrons. The Morgan fingerprint density at radius 3 is 3.04 bits per heavy atom. The molecule has 1 aromatic heterocycles. The second-order valence-electron chi connectivity index (χ2n) is 5.96. The third-order valence-corrected chi connectivity index (χ3v) is 4.21. The number of nitrogens with one attached hydrogen (secondary N) is 1. The fourth-order valence-electron chi connectivity index (χ4n) is 2.36. The van der Waals surface area contributed by atoms with Crippen LogP contribution < -0.4 is 10.1 Å². The van der Waals surface area contributed by atoms with E-state index >= 15 is 0 Å². The van der Waals surface area contributed by atoms with Gasteiger partial charge in [0.15, 0.2) is 6.61 Å². The van der Waals surface area contributed by atoms with E-state index in [0.29, 0.717) is 29.4 Å². The molecule has 1 heterocycles. The molecule has 2 aromatic rings. The zero-order valence-electron chi connectivity index (χ0n) is 13.5. The van der Waals surface area contributed by atoms with Crippen molar-refractivity contribution in [3.63, 3.8) is 0 Å². The topological polar surface area (TPSA) is 60.5 Å². The number of amides is 1. The van der Waals surface area contributed by atoms with Crippen LogP contribution in [0.4, 0.5) is 0 Å². The summed E-state index contributed by atoms with van der Waals surface area (Å²) >= 11 is 6.14. The molecule has 1 saturated carbocycles. The maximum Gasteiger partial charge on any atom is 0.257 e. The Bertz CT molecular complexity index is 704. The molecule has 1 fully saturated rings. The Balaban J connectivity index is 1.40. The summed E-state index contributed by atoms with van der Waals surface area (Å²) in [4.78, 5) is 16.1. The minimum Gasteiger partial charge on any atom is -0.481 e. The zero-order valence-corrected chi connectivity index (χ0v) is 14.2. The molecule has 1 amide bonds. The van der Waals surface area contributed by atoms with Gasteiger partial charge in [-0.3, -0.25) is 9.78 Å². The van der Waals surface area contributed by atoms with Crippen molar-refractivity contribution in [1.82, 2.24) is 10.3 Å². The number of pyridine rings is 1. The van der Waals surface area contributed by atoms with Crippen LogP contribution in [0.3, 0.4) is 0 Å². The van der Waals surface area contributed by atoms with E-state index in [0.717, 1.165) is 24.3 Å². The molecule has 0 radical (unpaired) electrons. The largest absolute Gasteiger partial charge is 0.481 e. The summed E-state index contributed by atoms with van der Waals surface area (Å²) in [6.07, 6.45) is 5.07. The van der Waals surface area contributed by atoms with E-state index < -0.39 is 0 Å². The molecule has 0 spiro atoms. The minimum atomic E-state index is -0.156. The van der Waals surface area contributed by atoms with Gasteiger partial charge < -0.3 is 14.8 Å². The third-order valence-electron chi connectivity index (χ3n) is 3.88. The SMILES string of the molecule is O=C(COc1ccc(Cl)c2cccnc12)NCCCOCC1CC1. The Kier molecular flexibility index (Phi) is 5.88. The van der Waals surface area contributed by atoms with Crippen LogP contribution in [0.1, 0.15) is 19.3 Å². The van der Waals surface area contributed by atoms with Gasteiger partial charge >= 0.3 is 0 Å². The Morgan fingerprint density at radius 1 is 1.33 bits per heavy atom. The van der Waals surface area contributed by atoms with Crippen LogP contribution in [0.5, 0.6) is 5.75 Å². The fraction of sp³-hybridized carbons (Fsp3) is 0.444. The van der Waals surface area contributed by atoms with Crippen LogP contribution in [-0.4, -0.2) is 37.3 Å². The van der Waals surface area contributed by atoms with Crippen LogP contribution >= 0.6 is 11.6 Å². The number of rotatable bonds is 9. The number of ether oxygens (including phenoxy) is 2. The number of fused-ring (bicyclic) bond motifs is 1. The van der Waals surface area contributed by atoms with Crippen LogP contribution in [0, 0.1) is 5.92 Å². The maximum atomic E-state index is 11.8. The summed E-state index contributed by atoms with van der Waals surface area (Å²) < 4.78 is 11.1. The van der Waals surface area contributed by atoms with Crippen molar-refractivity contribution in [2.75, 3.05) is 26.4 Å². The van der Waals surface area contributed by atoms with E-state index in [1.165, 1.54) is 12.8 Å². The van der Waals surface area contributed by atoms with Gasteiger partial charge in [-0.25, -0.2) is 0 Å². The smallest absolute Gasteiger partial charge is 0.257 e. The average Bonchev–Trinajstić information content (AvgIpc) is 3.42. The number of aromatic nitrogens is 1. The van der Waals surface area contributed by atoms with Crippen molar-refractivity contribution < 1.29 is 14.3 Å². The van der Waals surface area contributed by atoms with Gasteiger partial charge in [-0.15, -0.1) is 0 Å². The maximum absolute atomic E-state index is 11.8. The number of hydrogen-bond acceptors (Lipinski definition) is 4. The van der Waals surface area contributed by atoms with E-state index in [1.807, 2.05) is 12.1 Å². The predicted molar refractivity (Wildman–Crippen MR) is 93.4 cm³/mol. The van der Waals surface area contributed by atoms with Crippen molar-refractivity contribution in [1.29, 1.82) is 0 Å². The molecule has 1 N–H and O–H groups in total. The molecule has 0 aliphatic heterocycles. The van der Waals surface area contributed by atoms with Crippen LogP contribution in [0.25, 0.3) is 10.9 Å². The normalized spacial score (nSPS) is 13.9. The van der Waals surface area contributed by atoms with Gasteiger partial charge in [-0.1, -0.05) is 11.6 Å². The predicted octanol–water partition coefficient (Wildman–Crippen LogP) is 3.20. The standard InChI is InChI=1S/C18H21ClN2O3/c19-15-6-7-16(18-14(15)3-1-8-21-18)24-12-17(22)20-9-2-10-23-11-13-4-5-13/h1,3,6-8,13H,2,4-5,9-12H2,(H,20,22). The Labute approximate surface area is 146 Å². The van der Waals surface area contributed by atoms with Crippen molar-refractivity contribution in [3.05, 3.63) is 35.5 Å². The van der Waals surface area contributed by atoms with Crippen molar-refractivity contribution in [2.24, 2.45) is 5.92 Å². The molecule has 1 aliphatic rings. The summed E-state index contributed by atoms with van der Waals surface area (Å²) in [5, 5.41) is 4.25. The van der Waals surface area contributed by atoms with Crippen molar-refractivity contribution >= 4 is 28.4 Å².